The molecule has 0 radical (unpaired) electrons. The molecule has 0 saturated heterocycles. The molecule has 218 valence electrons. The minimum Gasteiger partial charge on any atom is -0.342 e. The third-order valence-electron chi connectivity index (χ3n) is 8.57. The van der Waals surface area contributed by atoms with Crippen molar-refractivity contribution in [2.45, 2.75) is 29.4 Å². The first-order chi connectivity index (χ1) is 22.0. The van der Waals surface area contributed by atoms with Crippen LogP contribution in [0.4, 0.5) is 45.5 Å². The molecule has 0 unspecified atom stereocenters. The van der Waals surface area contributed by atoms with Gasteiger partial charge >= 0.3 is 0 Å². The second-order valence-electron chi connectivity index (χ2n) is 11.1. The van der Waals surface area contributed by atoms with Gasteiger partial charge in [-0.3, -0.25) is 0 Å². The minimum atomic E-state index is -3.87. The molecule has 0 spiro atoms. The van der Waals surface area contributed by atoms with Crippen LogP contribution in [0.1, 0.15) is 0 Å². The quantitative estimate of drug-likeness (QED) is 0.186. The van der Waals surface area contributed by atoms with Crippen LogP contribution in [0.2, 0.25) is 0 Å². The molecule has 6 aromatic rings. The van der Waals surface area contributed by atoms with Gasteiger partial charge in [-0.2, -0.15) is 0 Å². The zero-order valence-corrected chi connectivity index (χ0v) is 26.5. The summed E-state index contributed by atoms with van der Waals surface area (Å²) in [4.78, 5) is 11.4. The number of rotatable bonds is 2. The molecule has 3 heterocycles. The minimum absolute atomic E-state index is 0.301. The van der Waals surface area contributed by atoms with Gasteiger partial charge in [-0.1, -0.05) is 72.1 Å². The van der Waals surface area contributed by atoms with Crippen molar-refractivity contribution >= 4 is 78.9 Å². The molecule has 9 rings (SSSR count). The Kier molecular flexibility index (Phi) is 5.91. The van der Waals surface area contributed by atoms with Crippen LogP contribution in [0.15, 0.2) is 163 Å². The van der Waals surface area contributed by atoms with E-state index in [1.807, 2.05) is 96.9 Å². The van der Waals surface area contributed by atoms with Gasteiger partial charge in [0.05, 0.1) is 43.9 Å². The van der Waals surface area contributed by atoms with Gasteiger partial charge in [0.1, 0.15) is 0 Å². The molecule has 0 aliphatic carbocycles. The number of anilines is 8. The van der Waals surface area contributed by atoms with Gasteiger partial charge < -0.3 is 14.7 Å². The number of para-hydroxylation sites is 4. The van der Waals surface area contributed by atoms with E-state index in [0.717, 1.165) is 53.7 Å². The summed E-state index contributed by atoms with van der Waals surface area (Å²) >= 11 is 3.46. The van der Waals surface area contributed by atoms with Crippen molar-refractivity contribution in [3.8, 4) is 0 Å². The summed E-state index contributed by atoms with van der Waals surface area (Å²) in [6.07, 6.45) is 0. The maximum atomic E-state index is 14.6. The van der Waals surface area contributed by atoms with Crippen LogP contribution in [-0.4, -0.2) is 15.5 Å². The van der Waals surface area contributed by atoms with E-state index in [1.54, 1.807) is 23.5 Å². The van der Waals surface area contributed by atoms with Gasteiger partial charge in [0.25, 0.3) is 0 Å². The van der Waals surface area contributed by atoms with Crippen molar-refractivity contribution in [3.05, 3.63) is 133 Å². The van der Waals surface area contributed by atoms with Crippen LogP contribution in [0.3, 0.4) is 0 Å². The Bertz CT molecular complexity index is 2060. The van der Waals surface area contributed by atoms with Crippen LogP contribution in [0, 0.1) is 0 Å². The number of hydrogen-bond donors (Lipinski definition) is 0. The van der Waals surface area contributed by atoms with Gasteiger partial charge in [0, 0.05) is 38.0 Å². The van der Waals surface area contributed by atoms with Gasteiger partial charge in [-0.25, -0.2) is 8.42 Å². The van der Waals surface area contributed by atoms with Crippen LogP contribution in [-0.2, 0) is 9.84 Å². The molecule has 0 saturated carbocycles. The lowest BCUT2D eigenvalue weighted by molar-refractivity contribution is 0.594. The van der Waals surface area contributed by atoms with Crippen molar-refractivity contribution in [1.82, 2.24) is 0 Å². The normalized spacial score (nSPS) is 15.3. The Labute approximate surface area is 270 Å². The molecule has 0 amide bonds. The number of sulfone groups is 1. The van der Waals surface area contributed by atoms with E-state index in [9.17, 15) is 8.42 Å². The predicted molar refractivity (Wildman–Crippen MR) is 184 cm³/mol. The number of nitrogens with zero attached hydrogens (tertiary/aromatic N) is 3. The molecule has 45 heavy (non-hydrogen) atoms. The van der Waals surface area contributed by atoms with Crippen molar-refractivity contribution in [2.24, 2.45) is 0 Å². The molecule has 6 aromatic carbocycles. The molecular weight excluding hydrogens is 615 g/mol. The molecule has 8 heteroatoms. The third kappa shape index (κ3) is 3.99. The van der Waals surface area contributed by atoms with Crippen molar-refractivity contribution < 1.29 is 8.42 Å². The maximum Gasteiger partial charge on any atom is 0.210 e. The fourth-order valence-electron chi connectivity index (χ4n) is 6.48. The molecule has 3 aliphatic heterocycles. The van der Waals surface area contributed by atoms with Crippen molar-refractivity contribution in [1.29, 1.82) is 0 Å². The highest BCUT2D eigenvalue weighted by Gasteiger charge is 2.36. The molecule has 3 aliphatic rings. The van der Waals surface area contributed by atoms with E-state index >= 15 is 0 Å². The first-order valence-corrected chi connectivity index (χ1v) is 17.7. The summed E-state index contributed by atoms with van der Waals surface area (Å²) in [6, 6.07) is 44.6. The van der Waals surface area contributed by atoms with Gasteiger partial charge in [-0.05, 0) is 84.9 Å². The van der Waals surface area contributed by atoms with Gasteiger partial charge in [0.2, 0.25) is 9.84 Å². The van der Waals surface area contributed by atoms with Crippen LogP contribution >= 0.6 is 23.5 Å². The lowest BCUT2D eigenvalue weighted by Crippen LogP contribution is -2.24. The zero-order chi connectivity index (χ0) is 30.3. The van der Waals surface area contributed by atoms with Gasteiger partial charge in [-0.15, -0.1) is 0 Å². The Morgan fingerprint density at radius 3 is 1.13 bits per heavy atom. The fourth-order valence-corrected chi connectivity index (χ4v) is 10.3. The first kappa shape index (κ1) is 26.7. The average molecular weight is 640 g/mol. The highest BCUT2D eigenvalue weighted by atomic mass is 32.2. The van der Waals surface area contributed by atoms with E-state index in [4.69, 9.17) is 0 Å². The summed E-state index contributed by atoms with van der Waals surface area (Å²) < 4.78 is 29.2. The van der Waals surface area contributed by atoms with E-state index in [2.05, 4.69) is 58.3 Å². The summed E-state index contributed by atoms with van der Waals surface area (Å²) in [5.41, 5.74) is 7.07. The summed E-state index contributed by atoms with van der Waals surface area (Å²) in [5, 5.41) is 0. The largest absolute Gasteiger partial charge is 0.342 e. The summed E-state index contributed by atoms with van der Waals surface area (Å²) in [6.45, 7) is 0. The number of benzene rings is 6. The average Bonchev–Trinajstić information content (AvgIpc) is 3.08. The molecule has 5 nitrogen and oxygen atoms in total. The monoisotopic (exact) mass is 639 g/mol. The molecule has 0 atom stereocenters. The first-order valence-electron chi connectivity index (χ1n) is 14.6. The van der Waals surface area contributed by atoms with Crippen molar-refractivity contribution in [2.75, 3.05) is 21.7 Å². The van der Waals surface area contributed by atoms with E-state index in [1.165, 1.54) is 0 Å². The predicted octanol–water partition coefficient (Wildman–Crippen LogP) is 10.5. The molecule has 0 fully saturated rings. The van der Waals surface area contributed by atoms with E-state index in [-0.39, 0.29) is 0 Å². The highest BCUT2D eigenvalue weighted by Crippen LogP contribution is 2.55. The number of hydrogen-bond acceptors (Lipinski definition) is 7. The fraction of sp³-hybridized carbons (Fsp3) is 0.0270. The molecule has 0 bridgehead atoms. The smallest absolute Gasteiger partial charge is 0.210 e. The molecule has 0 aromatic heterocycles. The zero-order valence-electron chi connectivity index (χ0n) is 24.1. The SMILES string of the molecule is CN1c2ccc(N3c4ccccc4Sc4ccccc43)cc2S(=O)(=O)c2cc(N3c4ccccc4Sc4ccccc43)ccc21. The second-order valence-corrected chi connectivity index (χ2v) is 15.2. The van der Waals surface area contributed by atoms with E-state index in [0.29, 0.717) is 21.2 Å². The number of fused-ring (bicyclic) bond motifs is 6. The maximum absolute atomic E-state index is 14.6. The Morgan fingerprint density at radius 1 is 0.444 bits per heavy atom. The van der Waals surface area contributed by atoms with Crippen LogP contribution < -0.4 is 14.7 Å². The lowest BCUT2D eigenvalue weighted by Gasteiger charge is -2.36. The van der Waals surface area contributed by atoms with E-state index < -0.39 is 9.84 Å². The lowest BCUT2D eigenvalue weighted by atomic mass is 10.1. The molecular formula is C37H25N3O2S3. The topological polar surface area (TPSA) is 43.9 Å². The van der Waals surface area contributed by atoms with Crippen molar-refractivity contribution in [3.63, 3.8) is 0 Å². The second kappa shape index (κ2) is 9.94. The van der Waals surface area contributed by atoms with Crippen LogP contribution in [0.5, 0.6) is 0 Å². The Hall–Kier alpha value is -4.63. The highest BCUT2D eigenvalue weighted by molar-refractivity contribution is 8.00. The van der Waals surface area contributed by atoms with Crippen LogP contribution in [0.25, 0.3) is 0 Å². The summed E-state index contributed by atoms with van der Waals surface area (Å²) in [7, 11) is -1.93. The van der Waals surface area contributed by atoms with Gasteiger partial charge in [0.15, 0.2) is 0 Å². The molecule has 0 N–H and O–H groups in total. The Morgan fingerprint density at radius 2 is 0.778 bits per heavy atom. The third-order valence-corrected chi connectivity index (χ3v) is 12.6. The standard InChI is InChI=1S/C37H25N3O2S3/c1-38-30-20-18-24(39-26-10-2-6-14-32(26)43-33-15-7-3-11-27(33)39)22-36(30)45(41,42)37-23-25(19-21-31(37)38)40-28-12-4-8-16-34(28)44-35-17-9-5-13-29(35)40/h2-23H,1H3. The summed E-state index contributed by atoms with van der Waals surface area (Å²) in [5.74, 6) is 0. The Balaban J connectivity index is 1.20.